The van der Waals surface area contributed by atoms with Gasteiger partial charge in [0.05, 0.1) is 0 Å². The van der Waals surface area contributed by atoms with Crippen molar-refractivity contribution in [3.05, 3.63) is 12.2 Å². The summed E-state index contributed by atoms with van der Waals surface area (Å²) in [5.74, 6) is 2.12. The molecule has 2 heterocycles. The summed E-state index contributed by atoms with van der Waals surface area (Å²) in [6.07, 6.45) is 9.49. The lowest BCUT2D eigenvalue weighted by atomic mass is 9.84. The summed E-state index contributed by atoms with van der Waals surface area (Å²) in [5.41, 5.74) is 0. The Hall–Kier alpha value is -1.32. The first-order valence-electron chi connectivity index (χ1n) is 8.34. The fourth-order valence-electron chi connectivity index (χ4n) is 4.14. The summed E-state index contributed by atoms with van der Waals surface area (Å²) in [5, 5.41) is 0. The lowest BCUT2D eigenvalue weighted by molar-refractivity contribution is -0.134. The minimum Gasteiger partial charge on any atom is -0.343 e. The number of rotatable bonds is 2. The number of piperidine rings is 1. The van der Waals surface area contributed by atoms with E-state index in [9.17, 15) is 9.59 Å². The van der Waals surface area contributed by atoms with Gasteiger partial charge in [-0.05, 0) is 43.9 Å². The quantitative estimate of drug-likeness (QED) is 0.730. The van der Waals surface area contributed by atoms with Crippen LogP contribution in [0.5, 0.6) is 0 Å². The van der Waals surface area contributed by atoms with Gasteiger partial charge >= 0.3 is 0 Å². The monoisotopic (exact) mass is 290 g/mol. The maximum absolute atomic E-state index is 12.5. The lowest BCUT2D eigenvalue weighted by Gasteiger charge is -2.34. The van der Waals surface area contributed by atoms with Crippen LogP contribution in [0.3, 0.4) is 0 Å². The Morgan fingerprint density at radius 2 is 1.48 bits per heavy atom. The van der Waals surface area contributed by atoms with Gasteiger partial charge in [0.1, 0.15) is 0 Å². The van der Waals surface area contributed by atoms with Crippen molar-refractivity contribution < 1.29 is 9.59 Å². The number of carbonyl (C=O) groups excluding carboxylic acids is 2. The molecule has 0 N–H and O–H groups in total. The van der Waals surface area contributed by atoms with Crippen LogP contribution in [0.25, 0.3) is 0 Å². The highest BCUT2D eigenvalue weighted by molar-refractivity contribution is 5.80. The van der Waals surface area contributed by atoms with E-state index in [1.54, 1.807) is 6.92 Å². The van der Waals surface area contributed by atoms with E-state index in [1.807, 2.05) is 4.90 Å². The SMILES string of the molecule is CC(=O)N1CCC(C2CCN(C(=O)C3CC=CC3)C2)CC1. The number of likely N-dealkylation sites (tertiary alicyclic amines) is 2. The minimum absolute atomic E-state index is 0.199. The number of hydrogen-bond donors (Lipinski definition) is 0. The number of nitrogens with zero attached hydrogens (tertiary/aromatic N) is 2. The Labute approximate surface area is 127 Å². The molecule has 116 valence electrons. The lowest BCUT2D eigenvalue weighted by Crippen LogP contribution is -2.40. The van der Waals surface area contributed by atoms with Gasteiger partial charge in [0, 0.05) is 39.0 Å². The molecule has 1 unspecified atom stereocenters. The average Bonchev–Trinajstić information content (AvgIpc) is 3.18. The summed E-state index contributed by atoms with van der Waals surface area (Å²) in [7, 11) is 0. The number of allylic oxidation sites excluding steroid dienone is 2. The first-order valence-corrected chi connectivity index (χ1v) is 8.34. The molecule has 21 heavy (non-hydrogen) atoms. The molecule has 0 spiro atoms. The van der Waals surface area contributed by atoms with Gasteiger partial charge in [-0.1, -0.05) is 12.2 Å². The maximum Gasteiger partial charge on any atom is 0.226 e. The summed E-state index contributed by atoms with van der Waals surface area (Å²) < 4.78 is 0. The molecule has 0 radical (unpaired) electrons. The van der Waals surface area contributed by atoms with Gasteiger partial charge in [-0.3, -0.25) is 9.59 Å². The Bertz CT molecular complexity index is 430. The van der Waals surface area contributed by atoms with Gasteiger partial charge in [-0.15, -0.1) is 0 Å². The highest BCUT2D eigenvalue weighted by Gasteiger charge is 2.35. The van der Waals surface area contributed by atoms with Crippen LogP contribution in [0, 0.1) is 17.8 Å². The van der Waals surface area contributed by atoms with Crippen molar-refractivity contribution in [3.8, 4) is 0 Å². The van der Waals surface area contributed by atoms with Crippen LogP contribution in [0.2, 0.25) is 0 Å². The molecule has 0 saturated carbocycles. The number of amides is 2. The van der Waals surface area contributed by atoms with Crippen LogP contribution in [0.4, 0.5) is 0 Å². The Balaban J connectivity index is 1.48. The zero-order valence-electron chi connectivity index (χ0n) is 13.0. The molecule has 2 amide bonds. The van der Waals surface area contributed by atoms with Gasteiger partial charge in [0.2, 0.25) is 11.8 Å². The Kier molecular flexibility index (Phi) is 4.32. The fraction of sp³-hybridized carbons (Fsp3) is 0.765. The van der Waals surface area contributed by atoms with Crippen molar-refractivity contribution in [1.82, 2.24) is 9.80 Å². The Morgan fingerprint density at radius 1 is 0.905 bits per heavy atom. The second-order valence-corrected chi connectivity index (χ2v) is 6.82. The first-order chi connectivity index (χ1) is 10.1. The summed E-state index contributed by atoms with van der Waals surface area (Å²) >= 11 is 0. The topological polar surface area (TPSA) is 40.6 Å². The standard InChI is InChI=1S/C17H26N2O2/c1-13(20)18-9-6-14(7-10-18)16-8-11-19(12-16)17(21)15-4-2-3-5-15/h2-3,14-16H,4-12H2,1H3. The fourth-order valence-corrected chi connectivity index (χ4v) is 4.14. The summed E-state index contributed by atoms with van der Waals surface area (Å²) in [6.45, 7) is 5.34. The zero-order valence-corrected chi connectivity index (χ0v) is 13.0. The molecule has 4 heteroatoms. The Morgan fingerprint density at radius 3 is 2.10 bits per heavy atom. The predicted octanol–water partition coefficient (Wildman–Crippen LogP) is 2.06. The third-order valence-corrected chi connectivity index (χ3v) is 5.55. The van der Waals surface area contributed by atoms with Crippen LogP contribution in [-0.4, -0.2) is 47.8 Å². The van der Waals surface area contributed by atoms with Crippen molar-refractivity contribution in [2.24, 2.45) is 17.8 Å². The van der Waals surface area contributed by atoms with Crippen LogP contribution < -0.4 is 0 Å². The van der Waals surface area contributed by atoms with Gasteiger partial charge < -0.3 is 9.80 Å². The molecule has 1 atom stereocenters. The van der Waals surface area contributed by atoms with Gasteiger partial charge in [0.25, 0.3) is 0 Å². The molecule has 2 fully saturated rings. The van der Waals surface area contributed by atoms with Gasteiger partial charge in [0.15, 0.2) is 0 Å². The molecule has 0 aromatic carbocycles. The predicted molar refractivity (Wildman–Crippen MR) is 81.5 cm³/mol. The van der Waals surface area contributed by atoms with E-state index in [0.29, 0.717) is 17.7 Å². The van der Waals surface area contributed by atoms with E-state index in [1.165, 1.54) is 0 Å². The van der Waals surface area contributed by atoms with Crippen LogP contribution in [0.15, 0.2) is 12.2 Å². The smallest absolute Gasteiger partial charge is 0.226 e. The zero-order chi connectivity index (χ0) is 14.8. The molecule has 2 aliphatic heterocycles. The molecular formula is C17H26N2O2. The van der Waals surface area contributed by atoms with E-state index in [2.05, 4.69) is 17.1 Å². The van der Waals surface area contributed by atoms with Gasteiger partial charge in [-0.25, -0.2) is 0 Å². The van der Waals surface area contributed by atoms with Crippen molar-refractivity contribution in [2.75, 3.05) is 26.2 Å². The van der Waals surface area contributed by atoms with Crippen molar-refractivity contribution >= 4 is 11.8 Å². The highest BCUT2D eigenvalue weighted by Crippen LogP contribution is 2.33. The van der Waals surface area contributed by atoms with Crippen LogP contribution >= 0.6 is 0 Å². The second-order valence-electron chi connectivity index (χ2n) is 6.82. The number of carbonyl (C=O) groups is 2. The molecule has 0 aromatic rings. The molecule has 3 rings (SSSR count). The largest absolute Gasteiger partial charge is 0.343 e. The van der Waals surface area contributed by atoms with E-state index in [0.717, 1.165) is 58.3 Å². The maximum atomic E-state index is 12.5. The second kappa shape index (κ2) is 6.20. The molecular weight excluding hydrogens is 264 g/mol. The van der Waals surface area contributed by atoms with Crippen molar-refractivity contribution in [3.63, 3.8) is 0 Å². The van der Waals surface area contributed by atoms with Crippen molar-refractivity contribution in [1.29, 1.82) is 0 Å². The normalized spacial score (nSPS) is 27.6. The minimum atomic E-state index is 0.199. The summed E-state index contributed by atoms with van der Waals surface area (Å²) in [6, 6.07) is 0. The first kappa shape index (κ1) is 14.6. The highest BCUT2D eigenvalue weighted by atomic mass is 16.2. The summed E-state index contributed by atoms with van der Waals surface area (Å²) in [4.78, 5) is 27.9. The molecule has 0 bridgehead atoms. The molecule has 3 aliphatic rings. The van der Waals surface area contributed by atoms with Crippen LogP contribution in [-0.2, 0) is 9.59 Å². The van der Waals surface area contributed by atoms with Gasteiger partial charge in [-0.2, -0.15) is 0 Å². The van der Waals surface area contributed by atoms with Crippen molar-refractivity contribution in [2.45, 2.75) is 39.0 Å². The average molecular weight is 290 g/mol. The van der Waals surface area contributed by atoms with E-state index in [-0.39, 0.29) is 11.8 Å². The van der Waals surface area contributed by atoms with E-state index in [4.69, 9.17) is 0 Å². The molecule has 0 aromatic heterocycles. The molecule has 4 nitrogen and oxygen atoms in total. The molecule has 1 aliphatic carbocycles. The molecule has 2 saturated heterocycles. The van der Waals surface area contributed by atoms with E-state index >= 15 is 0 Å². The van der Waals surface area contributed by atoms with E-state index < -0.39 is 0 Å². The third kappa shape index (κ3) is 3.14. The van der Waals surface area contributed by atoms with Crippen LogP contribution in [0.1, 0.15) is 39.0 Å². The number of hydrogen-bond acceptors (Lipinski definition) is 2. The third-order valence-electron chi connectivity index (χ3n) is 5.55.